The largest absolute Gasteiger partial charge is 0.497 e. The van der Waals surface area contributed by atoms with Crippen LogP contribution in [0.15, 0.2) is 46.0 Å². The van der Waals surface area contributed by atoms with Crippen LogP contribution in [0.3, 0.4) is 0 Å². The van der Waals surface area contributed by atoms with Crippen LogP contribution in [0, 0.1) is 0 Å². The van der Waals surface area contributed by atoms with Gasteiger partial charge < -0.3 is 10.1 Å². The standard InChI is InChI=1S/C19H20N6O5/c1-24-16-13(18(28)25(2)19(24)29)8-9-14(21-16)17(27)23-22-15(26)10-20-11-4-6-12(30-3)7-5-11/h4-9,20H,10H2,1-3H3,(H,22,26)(H,23,27). The van der Waals surface area contributed by atoms with E-state index in [0.717, 1.165) is 4.57 Å². The van der Waals surface area contributed by atoms with Crippen LogP contribution in [0.5, 0.6) is 5.75 Å². The van der Waals surface area contributed by atoms with Gasteiger partial charge in [-0.15, -0.1) is 0 Å². The zero-order valence-electron chi connectivity index (χ0n) is 16.6. The Morgan fingerprint density at radius 2 is 1.70 bits per heavy atom. The highest BCUT2D eigenvalue weighted by atomic mass is 16.5. The lowest BCUT2D eigenvalue weighted by Crippen LogP contribution is -2.44. The summed E-state index contributed by atoms with van der Waals surface area (Å²) in [4.78, 5) is 52.5. The number of anilines is 1. The molecule has 0 unspecified atom stereocenters. The Balaban J connectivity index is 1.64. The molecule has 30 heavy (non-hydrogen) atoms. The molecule has 3 rings (SSSR count). The summed E-state index contributed by atoms with van der Waals surface area (Å²) in [5.41, 5.74) is 4.16. The Hall–Kier alpha value is -4.15. The van der Waals surface area contributed by atoms with E-state index in [1.807, 2.05) is 0 Å². The Bertz CT molecular complexity index is 1230. The molecule has 3 aromatic rings. The maximum atomic E-state index is 12.3. The number of amides is 2. The normalized spacial score (nSPS) is 10.5. The third kappa shape index (κ3) is 4.14. The van der Waals surface area contributed by atoms with Crippen molar-refractivity contribution in [2.24, 2.45) is 14.1 Å². The van der Waals surface area contributed by atoms with E-state index in [1.165, 1.54) is 30.8 Å². The Labute approximate surface area is 170 Å². The molecule has 0 radical (unpaired) electrons. The van der Waals surface area contributed by atoms with E-state index in [4.69, 9.17) is 4.74 Å². The van der Waals surface area contributed by atoms with Crippen molar-refractivity contribution in [1.29, 1.82) is 0 Å². The number of rotatable bonds is 5. The van der Waals surface area contributed by atoms with Gasteiger partial charge in [0.1, 0.15) is 17.1 Å². The summed E-state index contributed by atoms with van der Waals surface area (Å²) in [5, 5.41) is 3.10. The molecule has 0 saturated heterocycles. The van der Waals surface area contributed by atoms with Gasteiger partial charge in [0, 0.05) is 19.8 Å². The van der Waals surface area contributed by atoms with Crippen LogP contribution in [0.25, 0.3) is 11.0 Å². The first-order chi connectivity index (χ1) is 14.3. The minimum absolute atomic E-state index is 0.0610. The molecule has 0 aliphatic heterocycles. The van der Waals surface area contributed by atoms with Crippen molar-refractivity contribution in [3.63, 3.8) is 0 Å². The second-order valence-electron chi connectivity index (χ2n) is 6.36. The van der Waals surface area contributed by atoms with Gasteiger partial charge in [0.25, 0.3) is 17.4 Å². The number of nitrogens with zero attached hydrogens (tertiary/aromatic N) is 3. The van der Waals surface area contributed by atoms with Gasteiger partial charge in [-0.25, -0.2) is 9.78 Å². The fourth-order valence-electron chi connectivity index (χ4n) is 2.71. The summed E-state index contributed by atoms with van der Waals surface area (Å²) in [5.74, 6) is -0.487. The molecular formula is C19H20N6O5. The molecule has 0 atom stereocenters. The summed E-state index contributed by atoms with van der Waals surface area (Å²) in [7, 11) is 4.37. The molecule has 11 heteroatoms. The average molecular weight is 412 g/mol. The van der Waals surface area contributed by atoms with E-state index >= 15 is 0 Å². The number of methoxy groups -OCH3 is 1. The van der Waals surface area contributed by atoms with E-state index in [-0.39, 0.29) is 23.3 Å². The topological polar surface area (TPSA) is 136 Å². The maximum Gasteiger partial charge on any atom is 0.332 e. The molecule has 0 fully saturated rings. The van der Waals surface area contributed by atoms with Crippen molar-refractivity contribution in [2.45, 2.75) is 0 Å². The highest BCUT2D eigenvalue weighted by Gasteiger charge is 2.14. The zero-order valence-corrected chi connectivity index (χ0v) is 16.6. The van der Waals surface area contributed by atoms with Crippen LogP contribution in [-0.4, -0.2) is 39.6 Å². The van der Waals surface area contributed by atoms with Crippen LogP contribution in [-0.2, 0) is 18.9 Å². The number of nitrogens with one attached hydrogen (secondary N) is 3. The molecule has 2 amide bonds. The number of benzene rings is 1. The number of carbonyl (C=O) groups excluding carboxylic acids is 2. The van der Waals surface area contributed by atoms with Crippen molar-refractivity contribution in [2.75, 3.05) is 19.0 Å². The Kier molecular flexibility index (Phi) is 5.81. The lowest BCUT2D eigenvalue weighted by atomic mass is 10.2. The van der Waals surface area contributed by atoms with Crippen LogP contribution < -0.4 is 32.2 Å². The molecule has 0 spiro atoms. The molecule has 0 saturated carbocycles. The summed E-state index contributed by atoms with van der Waals surface area (Å²) in [6, 6.07) is 9.73. The molecule has 3 N–H and O–H groups in total. The average Bonchev–Trinajstić information content (AvgIpc) is 2.78. The SMILES string of the molecule is COc1ccc(NCC(=O)NNC(=O)c2ccc3c(=O)n(C)c(=O)n(C)c3n2)cc1. The molecule has 2 heterocycles. The van der Waals surface area contributed by atoms with Crippen molar-refractivity contribution >= 4 is 28.5 Å². The van der Waals surface area contributed by atoms with Crippen molar-refractivity contribution in [3.8, 4) is 5.75 Å². The first kappa shape index (κ1) is 20.6. The Morgan fingerprint density at radius 3 is 2.37 bits per heavy atom. The van der Waals surface area contributed by atoms with Crippen LogP contribution in [0.4, 0.5) is 5.69 Å². The number of ether oxygens (including phenoxy) is 1. The van der Waals surface area contributed by atoms with Gasteiger partial charge in [-0.1, -0.05) is 0 Å². The molecule has 0 bridgehead atoms. The molecular weight excluding hydrogens is 392 g/mol. The summed E-state index contributed by atoms with van der Waals surface area (Å²) >= 11 is 0. The lowest BCUT2D eigenvalue weighted by Gasteiger charge is -2.10. The lowest BCUT2D eigenvalue weighted by molar-refractivity contribution is -0.120. The monoisotopic (exact) mass is 412 g/mol. The van der Waals surface area contributed by atoms with Crippen LogP contribution in [0.2, 0.25) is 0 Å². The summed E-state index contributed by atoms with van der Waals surface area (Å²) < 4.78 is 7.19. The number of aryl methyl sites for hydroxylation is 1. The smallest absolute Gasteiger partial charge is 0.332 e. The van der Waals surface area contributed by atoms with Crippen molar-refractivity contribution in [1.82, 2.24) is 25.0 Å². The summed E-state index contributed by atoms with van der Waals surface area (Å²) in [6.45, 7) is -0.0811. The van der Waals surface area contributed by atoms with Gasteiger partial charge in [-0.2, -0.15) is 0 Å². The summed E-state index contributed by atoms with van der Waals surface area (Å²) in [6.07, 6.45) is 0. The number of pyridine rings is 1. The van der Waals surface area contributed by atoms with Crippen molar-refractivity contribution in [3.05, 3.63) is 62.9 Å². The molecule has 0 aliphatic rings. The number of hydrogen-bond acceptors (Lipinski definition) is 7. The van der Waals surface area contributed by atoms with E-state index in [1.54, 1.807) is 31.4 Å². The van der Waals surface area contributed by atoms with Crippen LogP contribution >= 0.6 is 0 Å². The third-order valence-corrected chi connectivity index (χ3v) is 4.39. The molecule has 2 aromatic heterocycles. The first-order valence-corrected chi connectivity index (χ1v) is 8.85. The van der Waals surface area contributed by atoms with Crippen LogP contribution in [0.1, 0.15) is 10.5 Å². The van der Waals surface area contributed by atoms with E-state index < -0.39 is 23.1 Å². The predicted octanol–water partition coefficient (Wildman–Crippen LogP) is -0.486. The highest BCUT2D eigenvalue weighted by molar-refractivity contribution is 5.95. The van der Waals surface area contributed by atoms with Gasteiger partial charge >= 0.3 is 5.69 Å². The zero-order chi connectivity index (χ0) is 21.8. The van der Waals surface area contributed by atoms with Gasteiger partial charge in [0.2, 0.25) is 0 Å². The first-order valence-electron chi connectivity index (χ1n) is 8.85. The van der Waals surface area contributed by atoms with E-state index in [2.05, 4.69) is 21.2 Å². The quantitative estimate of drug-likeness (QED) is 0.481. The van der Waals surface area contributed by atoms with Crippen molar-refractivity contribution < 1.29 is 14.3 Å². The van der Waals surface area contributed by atoms with Gasteiger partial charge in [0.15, 0.2) is 0 Å². The van der Waals surface area contributed by atoms with Gasteiger partial charge in [0.05, 0.1) is 19.0 Å². The Morgan fingerprint density at radius 1 is 1.00 bits per heavy atom. The second kappa shape index (κ2) is 8.47. The minimum Gasteiger partial charge on any atom is -0.497 e. The molecule has 0 aliphatic carbocycles. The highest BCUT2D eigenvalue weighted by Crippen LogP contribution is 2.14. The van der Waals surface area contributed by atoms with Gasteiger partial charge in [-0.3, -0.25) is 34.4 Å². The fraction of sp³-hybridized carbons (Fsp3) is 0.211. The number of aromatic nitrogens is 3. The second-order valence-corrected chi connectivity index (χ2v) is 6.36. The minimum atomic E-state index is -0.692. The number of hydrogen-bond donors (Lipinski definition) is 3. The van der Waals surface area contributed by atoms with E-state index in [0.29, 0.717) is 11.4 Å². The van der Waals surface area contributed by atoms with E-state index in [9.17, 15) is 19.2 Å². The predicted molar refractivity (Wildman–Crippen MR) is 109 cm³/mol. The molecule has 156 valence electrons. The van der Waals surface area contributed by atoms with Gasteiger partial charge in [-0.05, 0) is 36.4 Å². The number of hydrazine groups is 1. The molecule has 11 nitrogen and oxygen atoms in total. The molecule has 1 aromatic carbocycles. The maximum absolute atomic E-state index is 12.3. The number of carbonyl (C=O) groups is 2. The fourth-order valence-corrected chi connectivity index (χ4v) is 2.71. The third-order valence-electron chi connectivity index (χ3n) is 4.39. The number of fused-ring (bicyclic) bond motifs is 1.